The molecule has 0 bridgehead atoms. The smallest absolute Gasteiger partial charge is 0.102 e. The van der Waals surface area contributed by atoms with Gasteiger partial charge >= 0.3 is 0 Å². The number of fused-ring (bicyclic) bond motifs is 1. The van der Waals surface area contributed by atoms with Gasteiger partial charge in [0.1, 0.15) is 5.04 Å². The predicted octanol–water partition coefficient (Wildman–Crippen LogP) is 3.48. The second-order valence-corrected chi connectivity index (χ2v) is 5.37. The van der Waals surface area contributed by atoms with Crippen molar-refractivity contribution in [1.29, 1.82) is 0 Å². The minimum absolute atomic E-state index is 0.160. The number of benzene rings is 1. The van der Waals surface area contributed by atoms with E-state index in [4.69, 9.17) is 5.11 Å². The molecule has 3 rings (SSSR count). The Hall–Kier alpha value is -2.01. The maximum atomic E-state index is 9.10. The molecule has 1 aromatic carbocycles. The maximum Gasteiger partial charge on any atom is 0.102 e. The molecule has 2 N–H and O–H groups in total. The molecule has 96 valence electrons. The monoisotopic (exact) mass is 271 g/mol. The van der Waals surface area contributed by atoms with Gasteiger partial charge in [-0.1, -0.05) is 24.8 Å². The molecule has 0 atom stereocenters. The molecule has 0 saturated carbocycles. The summed E-state index contributed by atoms with van der Waals surface area (Å²) in [6, 6.07) is 8.18. The summed E-state index contributed by atoms with van der Waals surface area (Å²) in [5.74, 6) is 0.626. The molecule has 5 heteroatoms. The van der Waals surface area contributed by atoms with Crippen molar-refractivity contribution in [1.82, 2.24) is 4.98 Å². The van der Waals surface area contributed by atoms with Crippen molar-refractivity contribution in [2.24, 2.45) is 10.2 Å². The first-order valence-electron chi connectivity index (χ1n) is 5.93. The van der Waals surface area contributed by atoms with E-state index < -0.39 is 0 Å². The van der Waals surface area contributed by atoms with Crippen LogP contribution in [0.25, 0.3) is 10.9 Å². The predicted molar refractivity (Wildman–Crippen MR) is 81.1 cm³/mol. The van der Waals surface area contributed by atoms with Crippen LogP contribution in [0.4, 0.5) is 0 Å². The number of hydrogen-bond donors (Lipinski definition) is 2. The van der Waals surface area contributed by atoms with Crippen LogP contribution in [0.1, 0.15) is 12.0 Å². The first-order chi connectivity index (χ1) is 9.24. The number of aliphatic hydroxyl groups excluding tert-OH is 1. The molecule has 19 heavy (non-hydrogen) atoms. The van der Waals surface area contributed by atoms with Crippen LogP contribution < -0.4 is 0 Å². The Kier molecular flexibility index (Phi) is 3.13. The van der Waals surface area contributed by atoms with Crippen LogP contribution in [0.15, 0.2) is 53.0 Å². The second-order valence-electron chi connectivity index (χ2n) is 4.32. The normalized spacial score (nSPS) is 14.5. The summed E-state index contributed by atoms with van der Waals surface area (Å²) in [6.45, 7) is 3.46. The van der Waals surface area contributed by atoms with Gasteiger partial charge in [0.2, 0.25) is 0 Å². The SMILES string of the molecule is C=C(O)CSC1=NN=C(c2cccc3cc[nH]c23)C1. The lowest BCUT2D eigenvalue weighted by Crippen LogP contribution is -2.03. The average molecular weight is 271 g/mol. The van der Waals surface area contributed by atoms with Crippen LogP contribution in [-0.2, 0) is 0 Å². The third-order valence-corrected chi connectivity index (χ3v) is 3.94. The summed E-state index contributed by atoms with van der Waals surface area (Å²) in [7, 11) is 0. The van der Waals surface area contributed by atoms with Gasteiger partial charge in [-0.3, -0.25) is 0 Å². The third kappa shape index (κ3) is 2.42. The van der Waals surface area contributed by atoms with Gasteiger partial charge in [-0.2, -0.15) is 5.10 Å². The molecule has 2 heterocycles. The van der Waals surface area contributed by atoms with Gasteiger partial charge in [-0.25, -0.2) is 0 Å². The third-order valence-electron chi connectivity index (χ3n) is 2.90. The molecule has 4 nitrogen and oxygen atoms in total. The number of aliphatic hydroxyl groups is 1. The Labute approximate surface area is 114 Å². The Balaban J connectivity index is 1.79. The van der Waals surface area contributed by atoms with E-state index in [1.807, 2.05) is 24.4 Å². The summed E-state index contributed by atoms with van der Waals surface area (Å²) in [5.41, 5.74) is 3.14. The standard InChI is InChI=1S/C14H13N3OS/c1-9(18)8-19-13-7-12(16-17-13)11-4-2-3-10-5-6-15-14(10)11/h2-6,15,18H,1,7-8H2. The van der Waals surface area contributed by atoms with Crippen molar-refractivity contribution in [3.8, 4) is 0 Å². The van der Waals surface area contributed by atoms with Gasteiger partial charge in [-0.05, 0) is 6.07 Å². The molecule has 1 aromatic heterocycles. The highest BCUT2D eigenvalue weighted by molar-refractivity contribution is 8.14. The lowest BCUT2D eigenvalue weighted by Gasteiger charge is -2.03. The number of H-pyrrole nitrogens is 1. The van der Waals surface area contributed by atoms with Gasteiger partial charge in [-0.15, -0.1) is 16.9 Å². The Morgan fingerprint density at radius 1 is 1.37 bits per heavy atom. The largest absolute Gasteiger partial charge is 0.512 e. The lowest BCUT2D eigenvalue weighted by molar-refractivity contribution is 0.420. The van der Waals surface area contributed by atoms with Gasteiger partial charge in [0.25, 0.3) is 0 Å². The molecule has 1 aliphatic heterocycles. The zero-order valence-corrected chi connectivity index (χ0v) is 11.1. The summed E-state index contributed by atoms with van der Waals surface area (Å²) < 4.78 is 0. The highest BCUT2D eigenvalue weighted by atomic mass is 32.2. The molecule has 0 amide bonds. The first kappa shape index (κ1) is 12.0. The highest BCUT2D eigenvalue weighted by Crippen LogP contribution is 2.24. The van der Waals surface area contributed by atoms with Crippen molar-refractivity contribution in [3.05, 3.63) is 48.4 Å². The quantitative estimate of drug-likeness (QED) is 0.840. The van der Waals surface area contributed by atoms with Crippen LogP contribution in [0.2, 0.25) is 0 Å². The van der Waals surface area contributed by atoms with Crippen LogP contribution in [0.5, 0.6) is 0 Å². The Morgan fingerprint density at radius 3 is 3.11 bits per heavy atom. The number of aromatic amines is 1. The molecule has 2 aromatic rings. The fourth-order valence-corrected chi connectivity index (χ4v) is 2.72. The van der Waals surface area contributed by atoms with Crippen molar-refractivity contribution < 1.29 is 5.11 Å². The number of nitrogens with one attached hydrogen (secondary N) is 1. The highest BCUT2D eigenvalue weighted by Gasteiger charge is 2.17. The van der Waals surface area contributed by atoms with Gasteiger partial charge in [0, 0.05) is 23.6 Å². The zero-order chi connectivity index (χ0) is 13.2. The summed E-state index contributed by atoms with van der Waals surface area (Å²) in [4.78, 5) is 3.24. The van der Waals surface area contributed by atoms with Crippen LogP contribution in [0.3, 0.4) is 0 Å². The number of thioether (sulfide) groups is 1. The van der Waals surface area contributed by atoms with Crippen molar-refractivity contribution in [2.75, 3.05) is 5.75 Å². The van der Waals surface area contributed by atoms with Gasteiger partial charge < -0.3 is 10.1 Å². The van der Waals surface area contributed by atoms with E-state index in [0.717, 1.165) is 21.8 Å². The Morgan fingerprint density at radius 2 is 2.26 bits per heavy atom. The van der Waals surface area contributed by atoms with E-state index in [1.54, 1.807) is 0 Å². The topological polar surface area (TPSA) is 60.7 Å². The number of para-hydroxylation sites is 1. The van der Waals surface area contributed by atoms with Gasteiger partial charge in [0.15, 0.2) is 0 Å². The number of rotatable bonds is 3. The Bertz CT molecular complexity index is 700. The van der Waals surface area contributed by atoms with Gasteiger partial charge in [0.05, 0.1) is 22.7 Å². The van der Waals surface area contributed by atoms with Crippen molar-refractivity contribution in [2.45, 2.75) is 6.42 Å². The minimum Gasteiger partial charge on any atom is -0.512 e. The minimum atomic E-state index is 0.160. The maximum absolute atomic E-state index is 9.10. The average Bonchev–Trinajstić information content (AvgIpc) is 3.04. The molecule has 0 radical (unpaired) electrons. The fraction of sp³-hybridized carbons (Fsp3) is 0.143. The number of hydrogen-bond acceptors (Lipinski definition) is 4. The van der Waals surface area contributed by atoms with E-state index in [1.165, 1.54) is 17.1 Å². The van der Waals surface area contributed by atoms with E-state index in [9.17, 15) is 0 Å². The van der Waals surface area contributed by atoms with Crippen molar-refractivity contribution in [3.63, 3.8) is 0 Å². The van der Waals surface area contributed by atoms with E-state index in [0.29, 0.717) is 12.2 Å². The first-order valence-corrected chi connectivity index (χ1v) is 6.92. The van der Waals surface area contributed by atoms with Crippen molar-refractivity contribution >= 4 is 33.4 Å². The second kappa shape index (κ2) is 4.93. The number of nitrogens with zero attached hydrogens (tertiary/aromatic N) is 2. The number of aromatic nitrogens is 1. The van der Waals surface area contributed by atoms with E-state index >= 15 is 0 Å². The molecular weight excluding hydrogens is 258 g/mol. The van der Waals surface area contributed by atoms with E-state index in [-0.39, 0.29) is 5.76 Å². The zero-order valence-electron chi connectivity index (χ0n) is 10.3. The molecule has 0 fully saturated rings. The van der Waals surface area contributed by atoms with Crippen LogP contribution >= 0.6 is 11.8 Å². The lowest BCUT2D eigenvalue weighted by atomic mass is 10.1. The molecule has 1 aliphatic rings. The van der Waals surface area contributed by atoms with Crippen LogP contribution in [-0.4, -0.2) is 26.6 Å². The molecule has 0 saturated heterocycles. The van der Waals surface area contributed by atoms with Crippen LogP contribution in [0, 0.1) is 0 Å². The molecule has 0 spiro atoms. The molecular formula is C14H13N3OS. The van der Waals surface area contributed by atoms with E-state index in [2.05, 4.69) is 27.8 Å². The molecule has 0 unspecified atom stereocenters. The molecule has 0 aliphatic carbocycles. The summed E-state index contributed by atoms with van der Waals surface area (Å²) in [6.07, 6.45) is 2.63. The fourth-order valence-electron chi connectivity index (χ4n) is 2.05. The summed E-state index contributed by atoms with van der Waals surface area (Å²) in [5, 5.41) is 19.6. The summed E-state index contributed by atoms with van der Waals surface area (Å²) >= 11 is 1.47.